The number of nitrogens with one attached hydrogen (secondary N) is 1. The first kappa shape index (κ1) is 16.7. The summed E-state index contributed by atoms with van der Waals surface area (Å²) in [6.45, 7) is 7.19. The zero-order valence-corrected chi connectivity index (χ0v) is 14.7. The van der Waals surface area contributed by atoms with Crippen LogP contribution in [0.4, 0.5) is 0 Å². The molecular formula is C14H20N8OS. The molecule has 0 aliphatic rings. The molecule has 10 heteroatoms. The van der Waals surface area contributed by atoms with E-state index in [2.05, 4.69) is 39.1 Å². The van der Waals surface area contributed by atoms with Crippen molar-refractivity contribution in [3.05, 3.63) is 33.8 Å². The predicted octanol–water partition coefficient (Wildman–Crippen LogP) is 0.725. The minimum absolute atomic E-state index is 0.178. The summed E-state index contributed by atoms with van der Waals surface area (Å²) < 4.78 is 3.36. The van der Waals surface area contributed by atoms with Crippen molar-refractivity contribution >= 4 is 17.5 Å². The van der Waals surface area contributed by atoms with E-state index in [0.29, 0.717) is 35.5 Å². The van der Waals surface area contributed by atoms with Gasteiger partial charge < -0.3 is 10.3 Å². The lowest BCUT2D eigenvalue weighted by molar-refractivity contribution is 0.480. The van der Waals surface area contributed by atoms with Crippen LogP contribution in [0.25, 0.3) is 5.78 Å². The van der Waals surface area contributed by atoms with Gasteiger partial charge in [-0.05, 0) is 12.8 Å². The van der Waals surface area contributed by atoms with E-state index in [0.717, 1.165) is 17.5 Å². The van der Waals surface area contributed by atoms with Gasteiger partial charge in [0, 0.05) is 18.4 Å². The third-order valence-electron chi connectivity index (χ3n) is 3.37. The Kier molecular flexibility index (Phi) is 4.67. The molecule has 3 aromatic rings. The van der Waals surface area contributed by atoms with E-state index in [-0.39, 0.29) is 5.56 Å². The Labute approximate surface area is 142 Å². The van der Waals surface area contributed by atoms with Gasteiger partial charge in [-0.1, -0.05) is 25.6 Å². The number of hydrogen-bond donors (Lipinski definition) is 2. The van der Waals surface area contributed by atoms with Crippen LogP contribution in [0, 0.1) is 12.8 Å². The molecule has 0 aromatic carbocycles. The van der Waals surface area contributed by atoms with Gasteiger partial charge in [0.15, 0.2) is 5.16 Å². The van der Waals surface area contributed by atoms with Crippen LogP contribution in [0.5, 0.6) is 0 Å². The van der Waals surface area contributed by atoms with E-state index in [1.165, 1.54) is 22.3 Å². The highest BCUT2D eigenvalue weighted by Crippen LogP contribution is 2.22. The van der Waals surface area contributed by atoms with E-state index in [4.69, 9.17) is 5.73 Å². The highest BCUT2D eigenvalue weighted by Gasteiger charge is 2.14. The molecule has 0 bridgehead atoms. The van der Waals surface area contributed by atoms with E-state index >= 15 is 0 Å². The topological polar surface area (TPSA) is 120 Å². The quantitative estimate of drug-likeness (QED) is 0.630. The highest BCUT2D eigenvalue weighted by molar-refractivity contribution is 7.98. The summed E-state index contributed by atoms with van der Waals surface area (Å²) in [6, 6.07) is 1.50. The molecule has 0 fully saturated rings. The molecule has 0 aliphatic heterocycles. The van der Waals surface area contributed by atoms with Gasteiger partial charge in [0.05, 0.1) is 12.2 Å². The molecule has 24 heavy (non-hydrogen) atoms. The standard InChI is InChI=1S/C14H20N8OS/c1-8(2)6-21-11(5-15)18-19-14(21)24-7-10-4-12(23)22-13(17-10)16-9(3)20-22/h4,8H,5-7,15H2,1-3H3,(H,16,17,20). The third-order valence-corrected chi connectivity index (χ3v) is 4.37. The van der Waals surface area contributed by atoms with Crippen molar-refractivity contribution in [2.75, 3.05) is 0 Å². The van der Waals surface area contributed by atoms with Crippen LogP contribution in [0.2, 0.25) is 0 Å². The second-order valence-electron chi connectivity index (χ2n) is 5.93. The third kappa shape index (κ3) is 3.34. The van der Waals surface area contributed by atoms with Crippen molar-refractivity contribution in [1.29, 1.82) is 0 Å². The van der Waals surface area contributed by atoms with Gasteiger partial charge in [0.1, 0.15) is 11.6 Å². The molecule has 0 aliphatic carbocycles. The molecule has 0 unspecified atom stereocenters. The van der Waals surface area contributed by atoms with Gasteiger partial charge in [-0.3, -0.25) is 9.89 Å². The first-order chi connectivity index (χ1) is 11.5. The summed E-state index contributed by atoms with van der Waals surface area (Å²) in [6.07, 6.45) is 0. The Morgan fingerprint density at radius 3 is 2.83 bits per heavy atom. The van der Waals surface area contributed by atoms with E-state index in [1.807, 2.05) is 4.57 Å². The number of aromatic amines is 1. The summed E-state index contributed by atoms with van der Waals surface area (Å²) in [7, 11) is 0. The van der Waals surface area contributed by atoms with Gasteiger partial charge in [-0.2, -0.15) is 9.50 Å². The van der Waals surface area contributed by atoms with Crippen molar-refractivity contribution < 1.29 is 0 Å². The maximum atomic E-state index is 12.1. The van der Waals surface area contributed by atoms with E-state index in [9.17, 15) is 4.79 Å². The molecule has 0 atom stereocenters. The lowest BCUT2D eigenvalue weighted by Crippen LogP contribution is -2.15. The molecule has 0 radical (unpaired) electrons. The fourth-order valence-electron chi connectivity index (χ4n) is 2.37. The number of aromatic nitrogens is 7. The second kappa shape index (κ2) is 6.73. The van der Waals surface area contributed by atoms with Crippen LogP contribution in [0.15, 0.2) is 16.0 Å². The Balaban J connectivity index is 1.83. The molecule has 3 aromatic heterocycles. The maximum absolute atomic E-state index is 12.1. The molecule has 3 rings (SSSR count). The summed E-state index contributed by atoms with van der Waals surface area (Å²) in [4.78, 5) is 20.7. The Morgan fingerprint density at radius 1 is 1.33 bits per heavy atom. The zero-order chi connectivity index (χ0) is 17.3. The minimum atomic E-state index is -0.178. The molecule has 0 spiro atoms. The predicted molar refractivity (Wildman–Crippen MR) is 90.7 cm³/mol. The summed E-state index contributed by atoms with van der Waals surface area (Å²) in [5, 5.41) is 12.0. The SMILES string of the molecule is Cc1nc2nc(CSc3nnc(CN)n3CC(C)C)cc(=O)n2[nH]1. The number of H-pyrrole nitrogens is 1. The minimum Gasteiger partial charge on any atom is -0.324 e. The van der Waals surface area contributed by atoms with Crippen LogP contribution < -0.4 is 11.3 Å². The van der Waals surface area contributed by atoms with Gasteiger partial charge in [-0.15, -0.1) is 10.2 Å². The Morgan fingerprint density at radius 2 is 2.12 bits per heavy atom. The second-order valence-corrected chi connectivity index (χ2v) is 6.87. The van der Waals surface area contributed by atoms with Crippen molar-refractivity contribution in [2.24, 2.45) is 11.7 Å². The first-order valence-electron chi connectivity index (χ1n) is 7.68. The molecular weight excluding hydrogens is 328 g/mol. The number of nitrogens with two attached hydrogens (primary N) is 1. The summed E-state index contributed by atoms with van der Waals surface area (Å²) in [5.41, 5.74) is 6.21. The highest BCUT2D eigenvalue weighted by atomic mass is 32.2. The smallest absolute Gasteiger partial charge is 0.274 e. The molecule has 0 amide bonds. The Hall–Kier alpha value is -2.20. The van der Waals surface area contributed by atoms with Crippen molar-refractivity contribution in [2.45, 2.75) is 44.8 Å². The van der Waals surface area contributed by atoms with Crippen LogP contribution >= 0.6 is 11.8 Å². The lowest BCUT2D eigenvalue weighted by atomic mass is 10.2. The number of fused-ring (bicyclic) bond motifs is 1. The summed E-state index contributed by atoms with van der Waals surface area (Å²) in [5.74, 6) is 2.75. The van der Waals surface area contributed by atoms with Crippen LogP contribution in [-0.2, 0) is 18.8 Å². The van der Waals surface area contributed by atoms with E-state index < -0.39 is 0 Å². The van der Waals surface area contributed by atoms with Crippen LogP contribution in [0.3, 0.4) is 0 Å². The van der Waals surface area contributed by atoms with Crippen molar-refractivity contribution in [3.8, 4) is 0 Å². The number of rotatable bonds is 6. The largest absolute Gasteiger partial charge is 0.324 e. The fraction of sp³-hybridized carbons (Fsp3) is 0.500. The van der Waals surface area contributed by atoms with Gasteiger partial charge in [0.25, 0.3) is 11.3 Å². The molecule has 0 saturated carbocycles. The van der Waals surface area contributed by atoms with Crippen molar-refractivity contribution in [1.82, 2.24) is 34.3 Å². The average Bonchev–Trinajstić information content (AvgIpc) is 3.07. The number of aryl methyl sites for hydroxylation is 1. The summed E-state index contributed by atoms with van der Waals surface area (Å²) >= 11 is 1.49. The lowest BCUT2D eigenvalue weighted by Gasteiger charge is -2.11. The average molecular weight is 348 g/mol. The van der Waals surface area contributed by atoms with Crippen molar-refractivity contribution in [3.63, 3.8) is 0 Å². The number of nitrogens with zero attached hydrogens (tertiary/aromatic N) is 6. The number of thioether (sulfide) groups is 1. The first-order valence-corrected chi connectivity index (χ1v) is 8.66. The van der Waals surface area contributed by atoms with Crippen LogP contribution in [-0.4, -0.2) is 34.3 Å². The molecule has 3 N–H and O–H groups in total. The molecule has 128 valence electrons. The molecule has 0 saturated heterocycles. The monoisotopic (exact) mass is 348 g/mol. The molecule has 3 heterocycles. The van der Waals surface area contributed by atoms with Gasteiger partial charge in [-0.25, -0.2) is 4.98 Å². The van der Waals surface area contributed by atoms with Gasteiger partial charge in [0.2, 0.25) is 0 Å². The Bertz CT molecular complexity index is 909. The fourth-order valence-corrected chi connectivity index (χ4v) is 3.23. The van der Waals surface area contributed by atoms with Gasteiger partial charge >= 0.3 is 0 Å². The number of hydrogen-bond acceptors (Lipinski definition) is 7. The van der Waals surface area contributed by atoms with Crippen LogP contribution in [0.1, 0.15) is 31.2 Å². The normalized spacial score (nSPS) is 11.7. The molecule has 9 nitrogen and oxygen atoms in total. The van der Waals surface area contributed by atoms with E-state index in [1.54, 1.807) is 6.92 Å². The zero-order valence-electron chi connectivity index (χ0n) is 13.9. The maximum Gasteiger partial charge on any atom is 0.274 e.